The zero-order chi connectivity index (χ0) is 29.7. The summed E-state index contributed by atoms with van der Waals surface area (Å²) in [6.07, 6.45) is 0.0609. The molecule has 2 N–H and O–H groups in total. The van der Waals surface area contributed by atoms with E-state index in [0.717, 1.165) is 30.3 Å². The lowest BCUT2D eigenvalue weighted by Gasteiger charge is -2.32. The molecule has 2 aromatic carbocycles. The number of carbonyl (C=O) groups excluding carboxylic acids is 1. The third-order valence-electron chi connectivity index (χ3n) is 6.29. The number of hydrogen-bond acceptors (Lipinski definition) is 8. The molecule has 1 amide bonds. The third-order valence-corrected chi connectivity index (χ3v) is 8.77. The van der Waals surface area contributed by atoms with Crippen LogP contribution in [0.3, 0.4) is 0 Å². The highest BCUT2D eigenvalue weighted by atomic mass is 32.2. The van der Waals surface area contributed by atoms with Crippen molar-refractivity contribution in [3.8, 4) is 6.07 Å². The van der Waals surface area contributed by atoms with Gasteiger partial charge in [-0.1, -0.05) is 0 Å². The number of nitriles is 1. The summed E-state index contributed by atoms with van der Waals surface area (Å²) >= 11 is 0.862. The average molecular weight is 603 g/mol. The number of carbonyl (C=O) groups is 1. The van der Waals surface area contributed by atoms with E-state index in [1.807, 2.05) is 4.72 Å². The number of nitrogens with zero attached hydrogens (tertiary/aromatic N) is 2. The van der Waals surface area contributed by atoms with Gasteiger partial charge in [0.2, 0.25) is 0 Å². The third kappa shape index (κ3) is 7.87. The van der Waals surface area contributed by atoms with Crippen molar-refractivity contribution in [1.82, 2.24) is 9.62 Å². The number of sulfonamides is 1. The van der Waals surface area contributed by atoms with Crippen LogP contribution >= 0.6 is 11.8 Å². The zero-order valence-corrected chi connectivity index (χ0v) is 23.8. The Morgan fingerprint density at radius 3 is 2.52 bits per heavy atom. The monoisotopic (exact) mass is 602 g/mol. The summed E-state index contributed by atoms with van der Waals surface area (Å²) in [6.45, 7) is 1.64. The maximum atomic E-state index is 15.3. The van der Waals surface area contributed by atoms with Gasteiger partial charge in [-0.2, -0.15) is 5.26 Å². The van der Waals surface area contributed by atoms with E-state index < -0.39 is 67.3 Å². The molecule has 0 aromatic heterocycles. The number of hydrogen-bond donors (Lipinski definition) is 2. The first-order chi connectivity index (χ1) is 18.8. The Balaban J connectivity index is 1.87. The first-order valence-corrected chi connectivity index (χ1v) is 14.8. The van der Waals surface area contributed by atoms with Crippen molar-refractivity contribution < 1.29 is 35.5 Å². The molecule has 14 heteroatoms. The predicted octanol–water partition coefficient (Wildman–Crippen LogP) is 4.21. The van der Waals surface area contributed by atoms with E-state index in [4.69, 9.17) is 4.74 Å². The fourth-order valence-electron chi connectivity index (χ4n) is 4.04. The van der Waals surface area contributed by atoms with Crippen LogP contribution in [0.15, 0.2) is 40.1 Å². The molecule has 40 heavy (non-hydrogen) atoms. The van der Waals surface area contributed by atoms with E-state index in [1.54, 1.807) is 25.1 Å². The molecule has 0 bridgehead atoms. The van der Waals surface area contributed by atoms with Gasteiger partial charge in [-0.15, -0.1) is 11.8 Å². The molecular weight excluding hydrogens is 572 g/mol. The number of benzene rings is 2. The lowest BCUT2D eigenvalue weighted by molar-refractivity contribution is -0.148. The summed E-state index contributed by atoms with van der Waals surface area (Å²) in [4.78, 5) is 13.6. The van der Waals surface area contributed by atoms with Crippen molar-refractivity contribution in [2.75, 3.05) is 38.3 Å². The number of nitrogens with one attached hydrogen (secondary N) is 2. The molecule has 3 rings (SSSR count). The molecule has 3 atom stereocenters. The molecule has 1 saturated heterocycles. The molecule has 1 aliphatic heterocycles. The maximum Gasteiger partial charge on any atom is 0.265 e. The van der Waals surface area contributed by atoms with Gasteiger partial charge in [0.25, 0.3) is 15.9 Å². The van der Waals surface area contributed by atoms with Crippen LogP contribution in [0.4, 0.5) is 23.2 Å². The van der Waals surface area contributed by atoms with Crippen molar-refractivity contribution in [1.29, 1.82) is 5.26 Å². The number of alkyl halides is 1. The minimum Gasteiger partial charge on any atom is -0.375 e. The average Bonchev–Trinajstić information content (AvgIpc) is 2.87. The molecule has 0 unspecified atom stereocenters. The van der Waals surface area contributed by atoms with Gasteiger partial charge in [0.15, 0.2) is 0 Å². The Labute approximate surface area is 235 Å². The Morgan fingerprint density at radius 1 is 1.20 bits per heavy atom. The van der Waals surface area contributed by atoms with Crippen LogP contribution in [0.2, 0.25) is 0 Å². The van der Waals surface area contributed by atoms with Crippen molar-refractivity contribution >= 4 is 33.4 Å². The standard InChI is InChI=1S/C26H30F4N4O4S2/c1-26(8-4-5-9-38-26)25(35)33-40(36,37)18-10-16(13-31)24(20(29)12-18)32-22(21(30)14-34(2)3)15-39-23-7-6-17(27)11-19(23)28/h6-7,10-12,21-22,32H,4-5,8-9,14-15H2,1-3H3,(H,33,35)/t21-,22+,26-/m1/s1. The van der Waals surface area contributed by atoms with Crippen LogP contribution in [0.1, 0.15) is 31.7 Å². The second-order valence-corrected chi connectivity index (χ2v) is 12.6. The minimum absolute atomic E-state index is 0.0408. The van der Waals surface area contributed by atoms with E-state index in [9.17, 15) is 27.3 Å². The van der Waals surface area contributed by atoms with Crippen LogP contribution in [-0.2, 0) is 19.6 Å². The van der Waals surface area contributed by atoms with Crippen molar-refractivity contribution in [2.24, 2.45) is 0 Å². The van der Waals surface area contributed by atoms with Gasteiger partial charge in [0.05, 0.1) is 22.2 Å². The minimum atomic E-state index is -4.59. The molecule has 0 aliphatic carbocycles. The van der Waals surface area contributed by atoms with Gasteiger partial charge >= 0.3 is 0 Å². The molecule has 0 radical (unpaired) electrons. The van der Waals surface area contributed by atoms with Gasteiger partial charge in [-0.25, -0.2) is 30.7 Å². The molecule has 1 heterocycles. The Hall–Kier alpha value is -2.86. The van der Waals surface area contributed by atoms with E-state index in [1.165, 1.54) is 13.0 Å². The fourth-order valence-corrected chi connectivity index (χ4v) is 6.17. The molecule has 1 fully saturated rings. The second kappa shape index (κ2) is 13.2. The number of halogens is 4. The first kappa shape index (κ1) is 31.7. The molecule has 0 spiro atoms. The molecule has 0 saturated carbocycles. The van der Waals surface area contributed by atoms with Crippen LogP contribution in [0.5, 0.6) is 0 Å². The van der Waals surface area contributed by atoms with Crippen LogP contribution in [0, 0.1) is 28.8 Å². The summed E-state index contributed by atoms with van der Waals surface area (Å²) in [7, 11) is -1.36. The largest absolute Gasteiger partial charge is 0.375 e. The van der Waals surface area contributed by atoms with Gasteiger partial charge in [-0.3, -0.25) is 4.79 Å². The van der Waals surface area contributed by atoms with E-state index >= 15 is 8.78 Å². The quantitative estimate of drug-likeness (QED) is 0.291. The van der Waals surface area contributed by atoms with E-state index in [-0.39, 0.29) is 23.8 Å². The summed E-state index contributed by atoms with van der Waals surface area (Å²) in [6, 6.07) is 4.95. The highest BCUT2D eigenvalue weighted by Crippen LogP contribution is 2.30. The highest BCUT2D eigenvalue weighted by Gasteiger charge is 2.38. The van der Waals surface area contributed by atoms with E-state index in [0.29, 0.717) is 25.0 Å². The van der Waals surface area contributed by atoms with Gasteiger partial charge in [0.1, 0.15) is 35.3 Å². The zero-order valence-electron chi connectivity index (χ0n) is 22.1. The van der Waals surface area contributed by atoms with Crippen molar-refractivity contribution in [2.45, 2.75) is 53.8 Å². The molecule has 8 nitrogen and oxygen atoms in total. The summed E-state index contributed by atoms with van der Waals surface area (Å²) in [5.74, 6) is -3.86. The Bertz CT molecular complexity index is 1380. The number of rotatable bonds is 11. The van der Waals surface area contributed by atoms with Crippen LogP contribution in [0.25, 0.3) is 0 Å². The molecule has 1 aliphatic rings. The lowest BCUT2D eigenvalue weighted by Crippen LogP contribution is -2.50. The van der Waals surface area contributed by atoms with Crippen molar-refractivity contribution in [3.63, 3.8) is 0 Å². The van der Waals surface area contributed by atoms with E-state index in [2.05, 4.69) is 5.32 Å². The Morgan fingerprint density at radius 2 is 1.93 bits per heavy atom. The van der Waals surface area contributed by atoms with Gasteiger partial charge in [-0.05, 0) is 64.5 Å². The first-order valence-electron chi connectivity index (χ1n) is 12.3. The van der Waals surface area contributed by atoms with Gasteiger partial charge < -0.3 is 15.0 Å². The lowest BCUT2D eigenvalue weighted by atomic mass is 9.95. The normalized spacial score (nSPS) is 19.1. The number of amides is 1. The van der Waals surface area contributed by atoms with Crippen molar-refractivity contribution in [3.05, 3.63) is 53.3 Å². The fraction of sp³-hybridized carbons (Fsp3) is 0.462. The maximum absolute atomic E-state index is 15.3. The molecule has 218 valence electrons. The summed E-state index contributed by atoms with van der Waals surface area (Å²) < 4.78 is 91.1. The number of anilines is 1. The summed E-state index contributed by atoms with van der Waals surface area (Å²) in [5, 5.41) is 12.3. The predicted molar refractivity (Wildman–Crippen MR) is 143 cm³/mol. The molecular formula is C26H30F4N4O4S2. The second-order valence-electron chi connectivity index (χ2n) is 9.83. The van der Waals surface area contributed by atoms with Gasteiger partial charge in [0, 0.05) is 29.9 Å². The van der Waals surface area contributed by atoms with Crippen LogP contribution in [-0.4, -0.2) is 70.0 Å². The number of ether oxygens (including phenoxy) is 1. The van der Waals surface area contributed by atoms with Crippen LogP contribution < -0.4 is 10.0 Å². The smallest absolute Gasteiger partial charge is 0.265 e. The number of thioether (sulfide) groups is 1. The highest BCUT2D eigenvalue weighted by molar-refractivity contribution is 7.99. The Kier molecular flexibility index (Phi) is 10.5. The topological polar surface area (TPSA) is 112 Å². The SMILES string of the molecule is CN(C)C[C@@H](F)[C@H](CSc1ccc(F)cc1F)Nc1c(F)cc(S(=O)(=O)NC(=O)[C@@]2(C)CCCCO2)cc1C#N. The molecule has 2 aromatic rings. The summed E-state index contributed by atoms with van der Waals surface area (Å²) in [5.41, 5.74) is -2.28.